The van der Waals surface area contributed by atoms with Crippen LogP contribution in [-0.2, 0) is 0 Å². The first-order valence-corrected chi connectivity index (χ1v) is 3.83. The molecule has 0 amide bonds. The minimum atomic E-state index is 0. The Morgan fingerprint density at radius 2 is 1.60 bits per heavy atom. The fraction of sp³-hybridized carbons (Fsp3) is 1.00. The van der Waals surface area contributed by atoms with Crippen LogP contribution in [0.3, 0.4) is 0 Å². The van der Waals surface area contributed by atoms with Gasteiger partial charge in [-0.15, -0.1) is 12.4 Å². The van der Waals surface area contributed by atoms with E-state index in [0.29, 0.717) is 5.41 Å². The van der Waals surface area contributed by atoms with E-state index in [2.05, 4.69) is 19.2 Å². The van der Waals surface area contributed by atoms with Gasteiger partial charge in [-0.3, -0.25) is 0 Å². The molecule has 0 bridgehead atoms. The normalized spacial score (nSPS) is 31.8. The molecule has 1 spiro atoms. The summed E-state index contributed by atoms with van der Waals surface area (Å²) in [4.78, 5) is 0. The van der Waals surface area contributed by atoms with Gasteiger partial charge in [-0.2, -0.15) is 0 Å². The summed E-state index contributed by atoms with van der Waals surface area (Å²) in [7, 11) is 0. The zero-order valence-electron chi connectivity index (χ0n) is 6.74. The van der Waals surface area contributed by atoms with E-state index >= 15 is 0 Å². The molecule has 0 aromatic rings. The second-order valence-corrected chi connectivity index (χ2v) is 4.62. The van der Waals surface area contributed by atoms with Crippen LogP contribution in [0.4, 0.5) is 0 Å². The van der Waals surface area contributed by atoms with Gasteiger partial charge in [0.15, 0.2) is 0 Å². The maximum Gasteiger partial charge on any atom is 0.00206 e. The summed E-state index contributed by atoms with van der Waals surface area (Å²) in [5.74, 6) is 0. The second-order valence-electron chi connectivity index (χ2n) is 4.62. The third-order valence-corrected chi connectivity index (χ3v) is 2.71. The highest BCUT2D eigenvalue weighted by molar-refractivity contribution is 5.85. The van der Waals surface area contributed by atoms with Crippen LogP contribution >= 0.6 is 12.4 Å². The Labute approximate surface area is 69.0 Å². The van der Waals surface area contributed by atoms with Crippen LogP contribution in [0.5, 0.6) is 0 Å². The summed E-state index contributed by atoms with van der Waals surface area (Å²) in [6, 6.07) is 0. The third kappa shape index (κ3) is 1.06. The predicted molar refractivity (Wildman–Crippen MR) is 45.6 cm³/mol. The monoisotopic (exact) mass is 161 g/mol. The van der Waals surface area contributed by atoms with Gasteiger partial charge in [0.05, 0.1) is 0 Å². The molecule has 2 aliphatic rings. The summed E-state index contributed by atoms with van der Waals surface area (Å²) in [6.07, 6.45) is 2.90. The van der Waals surface area contributed by atoms with Crippen molar-refractivity contribution < 1.29 is 0 Å². The van der Waals surface area contributed by atoms with Gasteiger partial charge in [0.1, 0.15) is 0 Å². The summed E-state index contributed by atoms with van der Waals surface area (Å²) in [5.41, 5.74) is 1.44. The fourth-order valence-corrected chi connectivity index (χ4v) is 2.71. The summed E-state index contributed by atoms with van der Waals surface area (Å²) in [6.45, 7) is 7.32. The lowest BCUT2D eigenvalue weighted by Crippen LogP contribution is -2.62. The lowest BCUT2D eigenvalue weighted by molar-refractivity contribution is -0.0539. The van der Waals surface area contributed by atoms with Crippen molar-refractivity contribution in [2.75, 3.05) is 13.1 Å². The first kappa shape index (κ1) is 8.35. The van der Waals surface area contributed by atoms with Crippen molar-refractivity contribution in [1.82, 2.24) is 5.32 Å². The molecular weight excluding hydrogens is 146 g/mol. The second kappa shape index (κ2) is 2.12. The number of hydrogen-bond donors (Lipinski definition) is 1. The average molecular weight is 162 g/mol. The Kier molecular flexibility index (Phi) is 1.77. The highest BCUT2D eigenvalue weighted by Crippen LogP contribution is 2.55. The molecule has 1 saturated heterocycles. The zero-order valence-corrected chi connectivity index (χ0v) is 7.55. The first-order chi connectivity index (χ1) is 4.12. The van der Waals surface area contributed by atoms with Crippen LogP contribution in [0.1, 0.15) is 26.7 Å². The lowest BCUT2D eigenvalue weighted by Gasteiger charge is -2.59. The molecule has 0 aromatic carbocycles. The van der Waals surface area contributed by atoms with Gasteiger partial charge in [-0.05, 0) is 23.7 Å². The fourth-order valence-electron chi connectivity index (χ4n) is 2.71. The van der Waals surface area contributed by atoms with Gasteiger partial charge >= 0.3 is 0 Å². The quantitative estimate of drug-likeness (QED) is 0.572. The molecule has 1 aliphatic carbocycles. The van der Waals surface area contributed by atoms with Crippen LogP contribution in [0.25, 0.3) is 0 Å². The van der Waals surface area contributed by atoms with E-state index in [9.17, 15) is 0 Å². The molecule has 60 valence electrons. The van der Waals surface area contributed by atoms with Gasteiger partial charge in [-0.25, -0.2) is 0 Å². The van der Waals surface area contributed by atoms with Crippen molar-refractivity contribution in [1.29, 1.82) is 0 Å². The zero-order chi connectivity index (χ0) is 6.54. The number of rotatable bonds is 0. The lowest BCUT2D eigenvalue weighted by atomic mass is 9.52. The maximum atomic E-state index is 3.34. The van der Waals surface area contributed by atoms with Crippen LogP contribution in [-0.4, -0.2) is 13.1 Å². The van der Waals surface area contributed by atoms with E-state index in [4.69, 9.17) is 0 Å². The minimum absolute atomic E-state index is 0. The topological polar surface area (TPSA) is 12.0 Å². The van der Waals surface area contributed by atoms with Crippen molar-refractivity contribution >= 4 is 12.4 Å². The molecular formula is C8H16ClN. The predicted octanol–water partition coefficient (Wildman–Crippen LogP) is 1.82. The van der Waals surface area contributed by atoms with Crippen LogP contribution in [0.15, 0.2) is 0 Å². The van der Waals surface area contributed by atoms with Gasteiger partial charge in [0, 0.05) is 13.1 Å². The van der Waals surface area contributed by atoms with Crippen LogP contribution in [0.2, 0.25) is 0 Å². The average Bonchev–Trinajstić information content (AvgIpc) is 1.54. The van der Waals surface area contributed by atoms with Crippen molar-refractivity contribution in [2.24, 2.45) is 10.8 Å². The Hall–Kier alpha value is 0.250. The van der Waals surface area contributed by atoms with Gasteiger partial charge in [-0.1, -0.05) is 13.8 Å². The molecule has 0 aromatic heterocycles. The van der Waals surface area contributed by atoms with Crippen LogP contribution < -0.4 is 5.32 Å². The maximum absolute atomic E-state index is 3.34. The SMILES string of the molecule is CC1(C)CC2(CNC2)C1.Cl. The van der Waals surface area contributed by atoms with E-state index in [1.165, 1.54) is 25.9 Å². The molecule has 10 heavy (non-hydrogen) atoms. The molecule has 1 heterocycles. The molecule has 0 radical (unpaired) electrons. The van der Waals surface area contributed by atoms with Crippen molar-refractivity contribution in [3.05, 3.63) is 0 Å². The highest BCUT2D eigenvalue weighted by atomic mass is 35.5. The van der Waals surface area contributed by atoms with E-state index < -0.39 is 0 Å². The van der Waals surface area contributed by atoms with E-state index in [0.717, 1.165) is 5.41 Å². The standard InChI is InChI=1S/C8H15N.ClH/c1-7(2)3-8(4-7)5-9-6-8;/h9H,3-6H2,1-2H3;1H. The van der Waals surface area contributed by atoms with Crippen molar-refractivity contribution in [3.8, 4) is 0 Å². The number of halogens is 1. The van der Waals surface area contributed by atoms with E-state index in [1.807, 2.05) is 0 Å². The Bertz CT molecular complexity index is 128. The van der Waals surface area contributed by atoms with E-state index in [1.54, 1.807) is 0 Å². The smallest absolute Gasteiger partial charge is 0.00206 e. The summed E-state index contributed by atoms with van der Waals surface area (Å²) < 4.78 is 0. The Morgan fingerprint density at radius 3 is 1.70 bits per heavy atom. The summed E-state index contributed by atoms with van der Waals surface area (Å²) >= 11 is 0. The number of hydrogen-bond acceptors (Lipinski definition) is 1. The Morgan fingerprint density at radius 1 is 1.10 bits per heavy atom. The Balaban J connectivity index is 0.000000500. The molecule has 0 unspecified atom stereocenters. The van der Waals surface area contributed by atoms with Crippen LogP contribution in [0, 0.1) is 10.8 Å². The molecule has 1 saturated carbocycles. The first-order valence-electron chi connectivity index (χ1n) is 3.83. The van der Waals surface area contributed by atoms with Crippen molar-refractivity contribution in [3.63, 3.8) is 0 Å². The molecule has 1 aliphatic heterocycles. The minimum Gasteiger partial charge on any atom is -0.316 e. The molecule has 0 atom stereocenters. The molecule has 2 heteroatoms. The third-order valence-electron chi connectivity index (χ3n) is 2.71. The number of nitrogens with one attached hydrogen (secondary N) is 1. The molecule has 1 nitrogen and oxygen atoms in total. The molecule has 1 N–H and O–H groups in total. The highest BCUT2D eigenvalue weighted by Gasteiger charge is 2.52. The van der Waals surface area contributed by atoms with Gasteiger partial charge < -0.3 is 5.32 Å². The molecule has 2 fully saturated rings. The summed E-state index contributed by atoms with van der Waals surface area (Å²) in [5, 5.41) is 3.34. The van der Waals surface area contributed by atoms with Gasteiger partial charge in [0.25, 0.3) is 0 Å². The molecule has 2 rings (SSSR count). The van der Waals surface area contributed by atoms with Crippen molar-refractivity contribution in [2.45, 2.75) is 26.7 Å². The van der Waals surface area contributed by atoms with Gasteiger partial charge in [0.2, 0.25) is 0 Å². The largest absolute Gasteiger partial charge is 0.316 e. The van der Waals surface area contributed by atoms with E-state index in [-0.39, 0.29) is 12.4 Å².